The lowest BCUT2D eigenvalue weighted by Crippen LogP contribution is -2.15. The summed E-state index contributed by atoms with van der Waals surface area (Å²) in [7, 11) is 1.58. The zero-order valence-electron chi connectivity index (χ0n) is 14.8. The predicted octanol–water partition coefficient (Wildman–Crippen LogP) is 4.38. The highest BCUT2D eigenvalue weighted by atomic mass is 16.5. The number of rotatable bonds is 4. The van der Waals surface area contributed by atoms with Gasteiger partial charge >= 0.3 is 0 Å². The average Bonchev–Trinajstić information content (AvgIpc) is 3.15. The first kappa shape index (κ1) is 16.2. The smallest absolute Gasteiger partial charge is 0.229 e. The summed E-state index contributed by atoms with van der Waals surface area (Å²) >= 11 is 0. The number of methoxy groups -OCH3 is 1. The molecule has 0 fully saturated rings. The van der Waals surface area contributed by atoms with Crippen molar-refractivity contribution in [2.75, 3.05) is 12.4 Å². The van der Waals surface area contributed by atoms with Crippen LogP contribution in [-0.2, 0) is 11.2 Å². The molecule has 0 aliphatic rings. The maximum absolute atomic E-state index is 12.5. The number of para-hydroxylation sites is 1. The summed E-state index contributed by atoms with van der Waals surface area (Å²) in [6.45, 7) is 3.61. The molecule has 0 unspecified atom stereocenters. The first-order valence-electron chi connectivity index (χ1n) is 8.27. The molecule has 2 aromatic carbocycles. The number of hydrogen-bond acceptors (Lipinski definition) is 5. The Labute approximate surface area is 149 Å². The lowest BCUT2D eigenvalue weighted by Gasteiger charge is -2.10. The van der Waals surface area contributed by atoms with Crippen molar-refractivity contribution in [3.8, 4) is 5.75 Å². The van der Waals surface area contributed by atoms with E-state index < -0.39 is 0 Å². The Hall–Kier alpha value is -3.28. The third-order valence-electron chi connectivity index (χ3n) is 4.49. The summed E-state index contributed by atoms with van der Waals surface area (Å²) in [6, 6.07) is 11.5. The van der Waals surface area contributed by atoms with Crippen LogP contribution in [0.1, 0.15) is 17.0 Å². The van der Waals surface area contributed by atoms with Gasteiger partial charge in [-0.25, -0.2) is 0 Å². The van der Waals surface area contributed by atoms with Crippen LogP contribution in [0, 0.1) is 13.8 Å². The van der Waals surface area contributed by atoms with Crippen LogP contribution in [-0.4, -0.2) is 18.2 Å². The van der Waals surface area contributed by atoms with Crippen LogP contribution >= 0.6 is 0 Å². The number of carbonyl (C=O) groups is 1. The van der Waals surface area contributed by atoms with Crippen molar-refractivity contribution in [3.63, 3.8) is 0 Å². The number of anilines is 1. The van der Waals surface area contributed by atoms with Gasteiger partial charge in [0.2, 0.25) is 5.91 Å². The van der Waals surface area contributed by atoms with Crippen LogP contribution in [0.2, 0.25) is 0 Å². The number of benzene rings is 2. The average molecular weight is 350 g/mol. The number of aryl methyl sites for hydroxylation is 2. The standard InChI is InChI=1S/C20H18N2O4/c1-11-14(12(2)26-22-11)9-20(23)21-16-10-18-15(8-19(16)24-3)13-6-4-5-7-17(13)25-18/h4-8,10H,9H2,1-3H3,(H,21,23). The number of nitrogens with one attached hydrogen (secondary N) is 1. The predicted molar refractivity (Wildman–Crippen MR) is 98.6 cm³/mol. The number of amides is 1. The fourth-order valence-electron chi connectivity index (χ4n) is 3.13. The monoisotopic (exact) mass is 350 g/mol. The molecule has 6 heteroatoms. The molecule has 0 atom stereocenters. The highest BCUT2D eigenvalue weighted by Crippen LogP contribution is 2.36. The van der Waals surface area contributed by atoms with E-state index in [2.05, 4.69) is 10.5 Å². The summed E-state index contributed by atoms with van der Waals surface area (Å²) in [6.07, 6.45) is 0.183. The summed E-state index contributed by atoms with van der Waals surface area (Å²) in [4.78, 5) is 12.5. The normalized spacial score (nSPS) is 11.2. The molecule has 0 aliphatic carbocycles. The Bertz CT molecular complexity index is 1100. The number of aromatic nitrogens is 1. The van der Waals surface area contributed by atoms with Crippen molar-refractivity contribution in [1.29, 1.82) is 0 Å². The molecule has 132 valence electrons. The maximum atomic E-state index is 12.5. The van der Waals surface area contributed by atoms with Gasteiger partial charge in [-0.3, -0.25) is 4.79 Å². The zero-order valence-corrected chi connectivity index (χ0v) is 14.8. The van der Waals surface area contributed by atoms with Gasteiger partial charge in [0.25, 0.3) is 0 Å². The van der Waals surface area contributed by atoms with E-state index in [1.165, 1.54) is 0 Å². The second-order valence-corrected chi connectivity index (χ2v) is 6.17. The molecule has 26 heavy (non-hydrogen) atoms. The quantitative estimate of drug-likeness (QED) is 0.591. The fourth-order valence-corrected chi connectivity index (χ4v) is 3.13. The minimum Gasteiger partial charge on any atom is -0.495 e. The van der Waals surface area contributed by atoms with Crippen molar-refractivity contribution >= 4 is 33.5 Å². The van der Waals surface area contributed by atoms with Crippen molar-refractivity contribution in [2.45, 2.75) is 20.3 Å². The zero-order chi connectivity index (χ0) is 18.3. The van der Waals surface area contributed by atoms with E-state index in [0.717, 1.165) is 27.6 Å². The lowest BCUT2D eigenvalue weighted by molar-refractivity contribution is -0.115. The molecular weight excluding hydrogens is 332 g/mol. The largest absolute Gasteiger partial charge is 0.495 e. The summed E-state index contributed by atoms with van der Waals surface area (Å²) < 4.78 is 16.5. The Morgan fingerprint density at radius 3 is 2.69 bits per heavy atom. The summed E-state index contributed by atoms with van der Waals surface area (Å²) in [5.41, 5.74) is 3.57. The van der Waals surface area contributed by atoms with Crippen molar-refractivity contribution in [1.82, 2.24) is 5.16 Å². The number of ether oxygens (including phenoxy) is 1. The molecule has 0 spiro atoms. The van der Waals surface area contributed by atoms with E-state index in [0.29, 0.717) is 22.8 Å². The Morgan fingerprint density at radius 1 is 1.15 bits per heavy atom. The number of carbonyl (C=O) groups excluding carboxylic acids is 1. The second-order valence-electron chi connectivity index (χ2n) is 6.17. The van der Waals surface area contributed by atoms with Crippen molar-refractivity contribution < 1.29 is 18.5 Å². The van der Waals surface area contributed by atoms with E-state index in [9.17, 15) is 4.79 Å². The van der Waals surface area contributed by atoms with E-state index in [4.69, 9.17) is 13.7 Å². The molecule has 6 nitrogen and oxygen atoms in total. The van der Waals surface area contributed by atoms with E-state index >= 15 is 0 Å². The SMILES string of the molecule is COc1cc2c(cc1NC(=O)Cc1c(C)noc1C)oc1ccccc12. The lowest BCUT2D eigenvalue weighted by atomic mass is 10.1. The van der Waals surface area contributed by atoms with Crippen LogP contribution in [0.3, 0.4) is 0 Å². The van der Waals surface area contributed by atoms with Gasteiger partial charge in [0.15, 0.2) is 0 Å². The Kier molecular flexibility index (Phi) is 3.88. The Morgan fingerprint density at radius 2 is 1.96 bits per heavy atom. The maximum Gasteiger partial charge on any atom is 0.229 e. The van der Waals surface area contributed by atoms with Gasteiger partial charge in [0.1, 0.15) is 22.7 Å². The van der Waals surface area contributed by atoms with Crippen LogP contribution in [0.25, 0.3) is 21.9 Å². The first-order chi connectivity index (χ1) is 12.6. The van der Waals surface area contributed by atoms with Gasteiger partial charge in [-0.1, -0.05) is 23.4 Å². The molecule has 0 aliphatic heterocycles. The molecule has 4 rings (SSSR count). The number of fused-ring (bicyclic) bond motifs is 3. The van der Waals surface area contributed by atoms with E-state index in [-0.39, 0.29) is 12.3 Å². The molecular formula is C20H18N2O4. The van der Waals surface area contributed by atoms with Gasteiger partial charge in [-0.05, 0) is 26.0 Å². The topological polar surface area (TPSA) is 77.5 Å². The number of nitrogens with zero attached hydrogens (tertiary/aromatic N) is 1. The molecule has 0 bridgehead atoms. The molecule has 1 N–H and O–H groups in total. The van der Waals surface area contributed by atoms with Crippen molar-refractivity contribution in [3.05, 3.63) is 53.4 Å². The van der Waals surface area contributed by atoms with E-state index in [1.54, 1.807) is 20.1 Å². The third-order valence-corrected chi connectivity index (χ3v) is 4.49. The molecule has 4 aromatic rings. The molecule has 1 amide bonds. The van der Waals surface area contributed by atoms with Gasteiger partial charge in [0.05, 0.1) is 24.9 Å². The van der Waals surface area contributed by atoms with Crippen LogP contribution in [0.4, 0.5) is 5.69 Å². The van der Waals surface area contributed by atoms with Gasteiger partial charge < -0.3 is 19.0 Å². The first-order valence-corrected chi connectivity index (χ1v) is 8.27. The molecule has 0 saturated heterocycles. The molecule has 2 aromatic heterocycles. The van der Waals surface area contributed by atoms with Crippen LogP contribution in [0.15, 0.2) is 45.3 Å². The number of furan rings is 1. The highest BCUT2D eigenvalue weighted by Gasteiger charge is 2.17. The van der Waals surface area contributed by atoms with Gasteiger partial charge in [0, 0.05) is 22.4 Å². The van der Waals surface area contributed by atoms with Gasteiger partial charge in [-0.2, -0.15) is 0 Å². The molecule has 0 radical (unpaired) electrons. The van der Waals surface area contributed by atoms with Crippen molar-refractivity contribution in [2.24, 2.45) is 0 Å². The summed E-state index contributed by atoms with van der Waals surface area (Å²) in [5.74, 6) is 1.06. The van der Waals surface area contributed by atoms with Crippen LogP contribution < -0.4 is 10.1 Å². The van der Waals surface area contributed by atoms with E-state index in [1.807, 2.05) is 37.3 Å². The third kappa shape index (κ3) is 2.69. The molecule has 2 heterocycles. The minimum atomic E-state index is -0.173. The van der Waals surface area contributed by atoms with Gasteiger partial charge in [-0.15, -0.1) is 0 Å². The second kappa shape index (κ2) is 6.22. The highest BCUT2D eigenvalue weighted by molar-refractivity contribution is 6.07. The minimum absolute atomic E-state index is 0.173. The summed E-state index contributed by atoms with van der Waals surface area (Å²) in [5, 5.41) is 8.73. The number of hydrogen-bond donors (Lipinski definition) is 1. The van der Waals surface area contributed by atoms with Crippen LogP contribution in [0.5, 0.6) is 5.75 Å². The molecule has 0 saturated carbocycles. The fraction of sp³-hybridized carbons (Fsp3) is 0.200. The Balaban J connectivity index is 1.69.